The highest BCUT2D eigenvalue weighted by Gasteiger charge is 2.42. The predicted molar refractivity (Wildman–Crippen MR) is 70.8 cm³/mol. The second kappa shape index (κ2) is 6.17. The first-order valence-electron chi connectivity index (χ1n) is 6.06. The monoisotopic (exact) mass is 234 g/mol. The lowest BCUT2D eigenvalue weighted by atomic mass is 10.2. The fourth-order valence-corrected chi connectivity index (χ4v) is 7.12. The second-order valence-corrected chi connectivity index (χ2v) is 12.1. The molecule has 1 atom stereocenters. The molecule has 86 valence electrons. The van der Waals surface area contributed by atoms with Crippen molar-refractivity contribution in [3.05, 3.63) is 0 Å². The highest BCUT2D eigenvalue weighted by atomic mass is 35.6. The van der Waals surface area contributed by atoms with E-state index in [0.717, 1.165) is 5.54 Å². The minimum Gasteiger partial charge on any atom is -0.166 e. The van der Waals surface area contributed by atoms with Crippen molar-refractivity contribution in [1.82, 2.24) is 0 Å². The van der Waals surface area contributed by atoms with E-state index in [1.54, 1.807) is 0 Å². The molecule has 0 aromatic carbocycles. The molecule has 0 radical (unpaired) electrons. The zero-order valence-corrected chi connectivity index (χ0v) is 12.5. The van der Waals surface area contributed by atoms with Crippen LogP contribution < -0.4 is 0 Å². The highest BCUT2D eigenvalue weighted by molar-refractivity contribution is 7.22. The smallest absolute Gasteiger partial charge is 0.164 e. The van der Waals surface area contributed by atoms with Gasteiger partial charge in [-0.15, -0.1) is 0 Å². The molecular formula is C12H27ClSi. The van der Waals surface area contributed by atoms with Gasteiger partial charge in [-0.25, -0.2) is 0 Å². The fourth-order valence-electron chi connectivity index (χ4n) is 2.54. The molecule has 0 spiro atoms. The first-order chi connectivity index (χ1) is 6.37. The Bertz CT molecular complexity index is 146. The summed E-state index contributed by atoms with van der Waals surface area (Å²) in [4.78, 5) is 0. The van der Waals surface area contributed by atoms with Gasteiger partial charge in [0.2, 0.25) is 0 Å². The molecule has 0 heterocycles. The second-order valence-electron chi connectivity index (χ2n) is 5.18. The van der Waals surface area contributed by atoms with Crippen LogP contribution in [-0.2, 0) is 0 Å². The van der Waals surface area contributed by atoms with E-state index in [-0.39, 0.29) is 0 Å². The Balaban J connectivity index is 4.48. The molecule has 0 aliphatic carbocycles. The van der Waals surface area contributed by atoms with Gasteiger partial charge in [-0.1, -0.05) is 60.8 Å². The summed E-state index contributed by atoms with van der Waals surface area (Å²) in [6, 6.07) is 0. The topological polar surface area (TPSA) is 0 Å². The molecule has 2 heteroatoms. The van der Waals surface area contributed by atoms with Crippen molar-refractivity contribution in [3.8, 4) is 0 Å². The Morgan fingerprint density at radius 1 is 1.00 bits per heavy atom. The molecule has 1 unspecified atom stereocenters. The third kappa shape index (κ3) is 3.27. The molecular weight excluding hydrogens is 208 g/mol. The molecule has 0 N–H and O–H groups in total. The van der Waals surface area contributed by atoms with Crippen molar-refractivity contribution < 1.29 is 0 Å². The number of hydrogen-bond acceptors (Lipinski definition) is 0. The van der Waals surface area contributed by atoms with Gasteiger partial charge < -0.3 is 0 Å². The van der Waals surface area contributed by atoms with Crippen LogP contribution in [0, 0.1) is 0 Å². The van der Waals surface area contributed by atoms with Crippen LogP contribution in [0.2, 0.25) is 16.6 Å². The van der Waals surface area contributed by atoms with Crippen molar-refractivity contribution >= 4 is 18.5 Å². The molecule has 14 heavy (non-hydrogen) atoms. The van der Waals surface area contributed by atoms with Gasteiger partial charge in [0.15, 0.2) is 7.38 Å². The summed E-state index contributed by atoms with van der Waals surface area (Å²) in [5.74, 6) is 0. The highest BCUT2D eigenvalue weighted by Crippen LogP contribution is 2.46. The van der Waals surface area contributed by atoms with Gasteiger partial charge in [0, 0.05) is 0 Å². The van der Waals surface area contributed by atoms with Gasteiger partial charge in [-0.3, -0.25) is 0 Å². The molecule has 0 rings (SSSR count). The van der Waals surface area contributed by atoms with Crippen molar-refractivity contribution in [2.45, 2.75) is 77.4 Å². The molecule has 0 aliphatic heterocycles. The van der Waals surface area contributed by atoms with Gasteiger partial charge in [0.1, 0.15) is 0 Å². The summed E-state index contributed by atoms with van der Waals surface area (Å²) in [6.07, 6.45) is 3.95. The maximum absolute atomic E-state index is 6.93. The molecule has 0 aromatic rings. The molecule has 0 saturated carbocycles. The molecule has 0 amide bonds. The molecule has 0 nitrogen and oxygen atoms in total. The van der Waals surface area contributed by atoms with E-state index >= 15 is 0 Å². The van der Waals surface area contributed by atoms with Crippen LogP contribution in [-0.4, -0.2) is 7.38 Å². The van der Waals surface area contributed by atoms with Crippen LogP contribution in [0.1, 0.15) is 60.8 Å². The van der Waals surface area contributed by atoms with E-state index in [0.29, 0.717) is 11.1 Å². The number of hydrogen-bond donors (Lipinski definition) is 0. The van der Waals surface area contributed by atoms with E-state index in [1.165, 1.54) is 19.3 Å². The number of rotatable bonds is 6. The Morgan fingerprint density at radius 2 is 1.43 bits per heavy atom. The average Bonchev–Trinajstić information content (AvgIpc) is 2.11. The van der Waals surface area contributed by atoms with Crippen LogP contribution in [0.3, 0.4) is 0 Å². The van der Waals surface area contributed by atoms with Crippen LogP contribution in [0.5, 0.6) is 0 Å². The summed E-state index contributed by atoms with van der Waals surface area (Å²) in [5.41, 5.74) is 2.14. The normalized spacial score (nSPS) is 15.2. The van der Waals surface area contributed by atoms with E-state index in [2.05, 4.69) is 41.5 Å². The van der Waals surface area contributed by atoms with Crippen LogP contribution in [0.4, 0.5) is 0 Å². The minimum absolute atomic E-state index is 0.691. The Kier molecular flexibility index (Phi) is 6.39. The Hall–Kier alpha value is 0.507. The molecule has 0 aliphatic rings. The summed E-state index contributed by atoms with van der Waals surface area (Å²) in [5, 5.41) is 0. The summed E-state index contributed by atoms with van der Waals surface area (Å²) in [7, 11) is -1.57. The summed E-state index contributed by atoms with van der Waals surface area (Å²) in [6.45, 7) is 13.9. The minimum atomic E-state index is -1.57. The third-order valence-electron chi connectivity index (χ3n) is 3.52. The zero-order chi connectivity index (χ0) is 11.4. The van der Waals surface area contributed by atoms with E-state index < -0.39 is 7.38 Å². The quantitative estimate of drug-likeness (QED) is 0.416. The maximum Gasteiger partial charge on any atom is 0.164 e. The maximum atomic E-state index is 6.93. The summed E-state index contributed by atoms with van der Waals surface area (Å²) >= 11 is 6.93. The zero-order valence-electron chi connectivity index (χ0n) is 10.7. The number of unbranched alkanes of at least 4 members (excludes halogenated alkanes) is 1. The van der Waals surface area contributed by atoms with Crippen molar-refractivity contribution in [2.75, 3.05) is 0 Å². The standard InChI is InChI=1S/C12H27ClSi/c1-7-8-9-12(6)14(13,10(2)3)11(4)5/h10-12H,7-9H2,1-6H3. The Labute approximate surface area is 96.1 Å². The lowest BCUT2D eigenvalue weighted by Gasteiger charge is -2.38. The molecule has 0 aromatic heterocycles. The van der Waals surface area contributed by atoms with Gasteiger partial charge >= 0.3 is 0 Å². The van der Waals surface area contributed by atoms with Gasteiger partial charge in [-0.05, 0) is 16.6 Å². The van der Waals surface area contributed by atoms with Crippen LogP contribution >= 0.6 is 11.1 Å². The lowest BCUT2D eigenvalue weighted by Crippen LogP contribution is -2.39. The van der Waals surface area contributed by atoms with Crippen LogP contribution in [0.25, 0.3) is 0 Å². The van der Waals surface area contributed by atoms with Gasteiger partial charge in [-0.2, -0.15) is 11.1 Å². The Morgan fingerprint density at radius 3 is 1.71 bits per heavy atom. The average molecular weight is 235 g/mol. The lowest BCUT2D eigenvalue weighted by molar-refractivity contribution is 0.668. The molecule has 0 fully saturated rings. The first kappa shape index (κ1) is 14.5. The molecule has 0 saturated heterocycles. The summed E-state index contributed by atoms with van der Waals surface area (Å²) < 4.78 is 0. The van der Waals surface area contributed by atoms with Crippen molar-refractivity contribution in [3.63, 3.8) is 0 Å². The van der Waals surface area contributed by atoms with E-state index in [1.807, 2.05) is 0 Å². The third-order valence-corrected chi connectivity index (χ3v) is 12.6. The van der Waals surface area contributed by atoms with Gasteiger partial charge in [0.25, 0.3) is 0 Å². The van der Waals surface area contributed by atoms with Gasteiger partial charge in [0.05, 0.1) is 0 Å². The SMILES string of the molecule is CCCCC(C)[Si](Cl)(C(C)C)C(C)C. The fraction of sp³-hybridized carbons (Fsp3) is 1.00. The van der Waals surface area contributed by atoms with E-state index in [4.69, 9.17) is 11.1 Å². The predicted octanol–water partition coefficient (Wildman–Crippen LogP) is 5.57. The van der Waals surface area contributed by atoms with Crippen molar-refractivity contribution in [2.24, 2.45) is 0 Å². The van der Waals surface area contributed by atoms with Crippen LogP contribution in [0.15, 0.2) is 0 Å². The molecule has 0 bridgehead atoms. The first-order valence-corrected chi connectivity index (χ1v) is 9.30. The van der Waals surface area contributed by atoms with E-state index in [9.17, 15) is 0 Å². The van der Waals surface area contributed by atoms with Crippen molar-refractivity contribution in [1.29, 1.82) is 0 Å². The number of halogens is 1. The largest absolute Gasteiger partial charge is 0.166 e.